The van der Waals surface area contributed by atoms with Crippen molar-refractivity contribution in [1.29, 1.82) is 0 Å². The largest absolute Gasteiger partial charge is 0.497 e. The monoisotopic (exact) mass is 395 g/mol. The Morgan fingerprint density at radius 2 is 1.93 bits per heavy atom. The van der Waals surface area contributed by atoms with Crippen LogP contribution >= 0.6 is 0 Å². The average Bonchev–Trinajstić information content (AvgIpc) is 3.14. The lowest BCUT2D eigenvalue weighted by Gasteiger charge is -2.15. The minimum Gasteiger partial charge on any atom is -0.497 e. The molecular formula is C23H29N3O3. The minimum atomic E-state index is -0.0510. The topological polar surface area (TPSA) is 64.5 Å². The predicted molar refractivity (Wildman–Crippen MR) is 117 cm³/mol. The van der Waals surface area contributed by atoms with Gasteiger partial charge in [-0.3, -0.25) is 4.79 Å². The van der Waals surface area contributed by atoms with E-state index in [0.717, 1.165) is 19.5 Å². The van der Waals surface area contributed by atoms with E-state index >= 15 is 0 Å². The summed E-state index contributed by atoms with van der Waals surface area (Å²) in [6, 6.07) is 16.0. The number of carbonyl (C=O) groups excluding carboxylic acids is 1. The Bertz CT molecular complexity index is 951. The fraction of sp³-hybridized carbons (Fsp3) is 0.348. The highest BCUT2D eigenvalue weighted by Gasteiger charge is 2.12. The van der Waals surface area contributed by atoms with Crippen LogP contribution < -0.4 is 20.1 Å². The van der Waals surface area contributed by atoms with E-state index < -0.39 is 0 Å². The van der Waals surface area contributed by atoms with Crippen molar-refractivity contribution in [3.05, 3.63) is 54.7 Å². The third-order valence-electron chi connectivity index (χ3n) is 4.92. The fourth-order valence-corrected chi connectivity index (χ4v) is 3.39. The van der Waals surface area contributed by atoms with Crippen LogP contribution in [0.3, 0.4) is 0 Å². The molecule has 0 aliphatic rings. The summed E-state index contributed by atoms with van der Waals surface area (Å²) in [5, 5.41) is 7.61. The van der Waals surface area contributed by atoms with E-state index in [2.05, 4.69) is 51.7 Å². The molecule has 6 heteroatoms. The van der Waals surface area contributed by atoms with Gasteiger partial charge in [0.1, 0.15) is 11.5 Å². The number of anilines is 1. The van der Waals surface area contributed by atoms with Crippen LogP contribution in [-0.2, 0) is 11.3 Å². The van der Waals surface area contributed by atoms with Crippen LogP contribution in [0.1, 0.15) is 19.8 Å². The molecule has 1 heterocycles. The van der Waals surface area contributed by atoms with Crippen molar-refractivity contribution in [1.82, 2.24) is 9.88 Å². The van der Waals surface area contributed by atoms with Gasteiger partial charge >= 0.3 is 0 Å². The van der Waals surface area contributed by atoms with E-state index in [-0.39, 0.29) is 11.9 Å². The molecule has 0 aliphatic heterocycles. The quantitative estimate of drug-likeness (QED) is 0.508. The number of hydrogen-bond acceptors (Lipinski definition) is 4. The van der Waals surface area contributed by atoms with Gasteiger partial charge in [0.25, 0.3) is 0 Å². The summed E-state index contributed by atoms with van der Waals surface area (Å²) >= 11 is 0. The summed E-state index contributed by atoms with van der Waals surface area (Å²) in [5.74, 6) is 1.22. The second-order valence-corrected chi connectivity index (χ2v) is 7.10. The molecule has 0 spiro atoms. The number of methoxy groups -OCH3 is 2. The zero-order valence-electron chi connectivity index (χ0n) is 17.3. The molecule has 2 aromatic carbocycles. The first-order valence-corrected chi connectivity index (χ1v) is 9.90. The molecule has 0 aliphatic carbocycles. The van der Waals surface area contributed by atoms with Crippen molar-refractivity contribution in [2.45, 2.75) is 32.4 Å². The van der Waals surface area contributed by atoms with E-state index in [4.69, 9.17) is 9.47 Å². The summed E-state index contributed by atoms with van der Waals surface area (Å²) < 4.78 is 12.8. The Balaban J connectivity index is 1.42. The standard InChI is InChI=1S/C23H29N3O3/c1-17(15-23(27)25-20-10-9-19(28-2)16-22(20)29-3)24-12-6-13-26-14-11-18-7-4-5-8-21(18)26/h4-5,7-11,14,16-17,24H,6,12-13,15H2,1-3H3,(H,25,27). The maximum absolute atomic E-state index is 12.4. The van der Waals surface area contributed by atoms with Crippen molar-refractivity contribution >= 4 is 22.5 Å². The van der Waals surface area contributed by atoms with Crippen molar-refractivity contribution in [3.63, 3.8) is 0 Å². The first-order chi connectivity index (χ1) is 14.1. The Kier molecular flexibility index (Phi) is 7.14. The molecular weight excluding hydrogens is 366 g/mol. The van der Waals surface area contributed by atoms with E-state index in [1.807, 2.05) is 6.92 Å². The molecule has 6 nitrogen and oxygen atoms in total. The third-order valence-corrected chi connectivity index (χ3v) is 4.92. The van der Waals surface area contributed by atoms with E-state index in [1.165, 1.54) is 10.9 Å². The van der Waals surface area contributed by atoms with Gasteiger partial charge in [0.2, 0.25) is 5.91 Å². The van der Waals surface area contributed by atoms with Gasteiger partial charge in [-0.25, -0.2) is 0 Å². The van der Waals surface area contributed by atoms with Gasteiger partial charge in [0.15, 0.2) is 0 Å². The van der Waals surface area contributed by atoms with Gasteiger partial charge < -0.3 is 24.7 Å². The van der Waals surface area contributed by atoms with Crippen LogP contribution in [0.2, 0.25) is 0 Å². The number of aromatic nitrogens is 1. The highest BCUT2D eigenvalue weighted by Crippen LogP contribution is 2.29. The number of para-hydroxylation sites is 1. The number of nitrogens with zero attached hydrogens (tertiary/aromatic N) is 1. The molecule has 2 N–H and O–H groups in total. The van der Waals surface area contributed by atoms with Gasteiger partial charge in [-0.05, 0) is 49.5 Å². The molecule has 29 heavy (non-hydrogen) atoms. The number of hydrogen-bond donors (Lipinski definition) is 2. The summed E-state index contributed by atoms with van der Waals surface area (Å²) in [6.45, 7) is 3.82. The number of rotatable bonds is 10. The molecule has 3 rings (SSSR count). The van der Waals surface area contributed by atoms with E-state index in [0.29, 0.717) is 23.6 Å². The molecule has 1 unspecified atom stereocenters. The Labute approximate surface area is 171 Å². The Morgan fingerprint density at radius 1 is 1.10 bits per heavy atom. The number of fused-ring (bicyclic) bond motifs is 1. The molecule has 1 atom stereocenters. The molecule has 3 aromatic rings. The highest BCUT2D eigenvalue weighted by molar-refractivity contribution is 5.92. The molecule has 0 bridgehead atoms. The predicted octanol–water partition coefficient (Wildman–Crippen LogP) is 4.06. The average molecular weight is 396 g/mol. The molecule has 0 fully saturated rings. The zero-order chi connectivity index (χ0) is 20.6. The number of nitrogens with one attached hydrogen (secondary N) is 2. The first kappa shape index (κ1) is 20.7. The summed E-state index contributed by atoms with van der Waals surface area (Å²) in [5.41, 5.74) is 1.90. The van der Waals surface area contributed by atoms with Crippen molar-refractivity contribution < 1.29 is 14.3 Å². The number of aryl methyl sites for hydroxylation is 1. The molecule has 0 radical (unpaired) electrons. The van der Waals surface area contributed by atoms with E-state index in [9.17, 15) is 4.79 Å². The summed E-state index contributed by atoms with van der Waals surface area (Å²) in [7, 11) is 3.17. The van der Waals surface area contributed by atoms with Gasteiger partial charge in [0, 0.05) is 36.8 Å². The SMILES string of the molecule is COc1ccc(NC(=O)CC(C)NCCCn2ccc3ccccc32)c(OC)c1. The number of benzene rings is 2. The molecule has 0 saturated heterocycles. The minimum absolute atomic E-state index is 0.0510. The van der Waals surface area contributed by atoms with Crippen LogP contribution in [0.5, 0.6) is 11.5 Å². The van der Waals surface area contributed by atoms with Gasteiger partial charge in [0.05, 0.1) is 19.9 Å². The van der Waals surface area contributed by atoms with Gasteiger partial charge in [-0.2, -0.15) is 0 Å². The Hall–Kier alpha value is -2.99. The van der Waals surface area contributed by atoms with Gasteiger partial charge in [-0.1, -0.05) is 18.2 Å². The molecule has 154 valence electrons. The lowest BCUT2D eigenvalue weighted by molar-refractivity contribution is -0.116. The van der Waals surface area contributed by atoms with Gasteiger partial charge in [-0.15, -0.1) is 0 Å². The van der Waals surface area contributed by atoms with Crippen LogP contribution in [0.15, 0.2) is 54.7 Å². The molecule has 1 aromatic heterocycles. The van der Waals surface area contributed by atoms with Crippen molar-refractivity contribution in [2.75, 3.05) is 26.1 Å². The van der Waals surface area contributed by atoms with Crippen molar-refractivity contribution in [2.24, 2.45) is 0 Å². The normalized spacial score (nSPS) is 12.0. The number of amides is 1. The second-order valence-electron chi connectivity index (χ2n) is 7.10. The Morgan fingerprint density at radius 3 is 2.72 bits per heavy atom. The lowest BCUT2D eigenvalue weighted by Crippen LogP contribution is -2.31. The summed E-state index contributed by atoms with van der Waals surface area (Å²) in [6.07, 6.45) is 3.52. The van der Waals surface area contributed by atoms with Crippen LogP contribution in [0, 0.1) is 0 Å². The van der Waals surface area contributed by atoms with Crippen LogP contribution in [0.25, 0.3) is 10.9 Å². The summed E-state index contributed by atoms with van der Waals surface area (Å²) in [4.78, 5) is 12.4. The molecule has 0 saturated carbocycles. The zero-order valence-corrected chi connectivity index (χ0v) is 17.3. The third kappa shape index (κ3) is 5.51. The van der Waals surface area contributed by atoms with Crippen molar-refractivity contribution in [3.8, 4) is 11.5 Å². The number of carbonyl (C=O) groups is 1. The van der Waals surface area contributed by atoms with E-state index in [1.54, 1.807) is 32.4 Å². The van der Waals surface area contributed by atoms with Crippen LogP contribution in [-0.4, -0.2) is 37.3 Å². The first-order valence-electron chi connectivity index (χ1n) is 9.90. The number of ether oxygens (including phenoxy) is 2. The van der Waals surface area contributed by atoms with Crippen LogP contribution in [0.4, 0.5) is 5.69 Å². The molecule has 1 amide bonds. The maximum atomic E-state index is 12.4. The smallest absolute Gasteiger partial charge is 0.226 e. The highest BCUT2D eigenvalue weighted by atomic mass is 16.5. The second kappa shape index (κ2) is 9.98. The fourth-order valence-electron chi connectivity index (χ4n) is 3.39. The lowest BCUT2D eigenvalue weighted by atomic mass is 10.2. The maximum Gasteiger partial charge on any atom is 0.226 e.